The normalized spacial score (nSPS) is 15.9. The zero-order valence-corrected chi connectivity index (χ0v) is 10.8. The van der Waals surface area contributed by atoms with Gasteiger partial charge in [0.05, 0.1) is 17.6 Å². The van der Waals surface area contributed by atoms with Crippen LogP contribution < -0.4 is 0 Å². The Hall–Kier alpha value is -1.88. The molecule has 1 aromatic heterocycles. The number of hydrogen-bond acceptors (Lipinski definition) is 3. The lowest BCUT2D eigenvalue weighted by Gasteiger charge is -2.25. The van der Waals surface area contributed by atoms with E-state index in [2.05, 4.69) is 9.97 Å². The topological polar surface area (TPSA) is 58.2 Å². The van der Waals surface area contributed by atoms with Crippen molar-refractivity contribution in [2.75, 3.05) is 13.2 Å². The van der Waals surface area contributed by atoms with Crippen molar-refractivity contribution in [2.45, 2.75) is 25.7 Å². The number of benzene rings is 1. The number of carbonyl (C=O) groups excluding carboxylic acids is 1. The highest BCUT2D eigenvalue weighted by molar-refractivity contribution is 5.76. The molecule has 1 aliphatic heterocycles. The van der Waals surface area contributed by atoms with E-state index in [1.165, 1.54) is 5.06 Å². The van der Waals surface area contributed by atoms with Crippen LogP contribution in [-0.4, -0.2) is 34.1 Å². The van der Waals surface area contributed by atoms with Gasteiger partial charge in [-0.25, -0.2) is 10.0 Å². The Morgan fingerprint density at radius 3 is 3.05 bits per heavy atom. The van der Waals surface area contributed by atoms with Crippen molar-refractivity contribution in [3.8, 4) is 0 Å². The summed E-state index contributed by atoms with van der Waals surface area (Å²) >= 11 is 0. The van der Waals surface area contributed by atoms with E-state index in [9.17, 15) is 4.79 Å². The van der Waals surface area contributed by atoms with Crippen molar-refractivity contribution in [2.24, 2.45) is 0 Å². The first kappa shape index (κ1) is 12.2. The molecule has 0 spiro atoms. The second kappa shape index (κ2) is 5.40. The number of amides is 1. The molecule has 1 aliphatic rings. The minimum Gasteiger partial charge on any atom is -0.342 e. The van der Waals surface area contributed by atoms with Gasteiger partial charge in [-0.1, -0.05) is 12.1 Å². The number of aryl methyl sites for hydroxylation is 1. The summed E-state index contributed by atoms with van der Waals surface area (Å²) < 4.78 is 0. The Bertz CT molecular complexity index is 540. The molecule has 0 bridgehead atoms. The van der Waals surface area contributed by atoms with E-state index in [1.807, 2.05) is 24.3 Å². The number of fused-ring (bicyclic) bond motifs is 1. The monoisotopic (exact) mass is 259 g/mol. The summed E-state index contributed by atoms with van der Waals surface area (Å²) in [7, 11) is 0. The van der Waals surface area contributed by atoms with Crippen LogP contribution in [0, 0.1) is 0 Å². The lowest BCUT2D eigenvalue weighted by atomic mass is 10.2. The Labute approximate surface area is 111 Å². The van der Waals surface area contributed by atoms with E-state index in [0.717, 1.165) is 29.7 Å². The average molecular weight is 259 g/mol. The molecule has 1 saturated heterocycles. The molecule has 1 N–H and O–H groups in total. The Kier molecular flexibility index (Phi) is 3.46. The number of para-hydroxylation sites is 2. The molecule has 1 aromatic carbocycles. The molecule has 0 radical (unpaired) electrons. The number of hydrogen-bond donors (Lipinski definition) is 1. The standard InChI is InChI=1S/C14H17N3O2/c18-14(17-9-3-4-10-19-17)8-7-13-15-11-5-1-2-6-12(11)16-13/h1-2,5-6H,3-4,7-10H2,(H,15,16). The number of aromatic nitrogens is 2. The van der Waals surface area contributed by atoms with E-state index in [-0.39, 0.29) is 5.91 Å². The zero-order valence-electron chi connectivity index (χ0n) is 10.8. The van der Waals surface area contributed by atoms with Gasteiger partial charge in [-0.15, -0.1) is 0 Å². The third-order valence-corrected chi connectivity index (χ3v) is 3.29. The van der Waals surface area contributed by atoms with Crippen LogP contribution in [0.25, 0.3) is 11.0 Å². The van der Waals surface area contributed by atoms with Gasteiger partial charge in [0.25, 0.3) is 0 Å². The highest BCUT2D eigenvalue weighted by Gasteiger charge is 2.17. The van der Waals surface area contributed by atoms with Crippen molar-refractivity contribution in [1.29, 1.82) is 0 Å². The number of H-pyrrole nitrogens is 1. The number of nitrogens with one attached hydrogen (secondary N) is 1. The van der Waals surface area contributed by atoms with Gasteiger partial charge in [0.2, 0.25) is 5.91 Å². The summed E-state index contributed by atoms with van der Waals surface area (Å²) in [6, 6.07) is 7.88. The third kappa shape index (κ3) is 2.76. The first-order chi connectivity index (χ1) is 9.33. The van der Waals surface area contributed by atoms with Crippen molar-refractivity contribution in [3.63, 3.8) is 0 Å². The summed E-state index contributed by atoms with van der Waals surface area (Å²) in [6.45, 7) is 1.36. The number of imidazole rings is 1. The lowest BCUT2D eigenvalue weighted by Crippen LogP contribution is -2.35. The Morgan fingerprint density at radius 1 is 1.37 bits per heavy atom. The first-order valence-electron chi connectivity index (χ1n) is 6.70. The molecular formula is C14H17N3O2. The fourth-order valence-electron chi connectivity index (χ4n) is 2.27. The number of hydroxylamine groups is 2. The van der Waals surface area contributed by atoms with E-state index in [4.69, 9.17) is 4.84 Å². The summed E-state index contributed by atoms with van der Waals surface area (Å²) in [6.07, 6.45) is 3.11. The number of rotatable bonds is 3. The zero-order chi connectivity index (χ0) is 13.1. The van der Waals surface area contributed by atoms with Crippen LogP contribution in [0.5, 0.6) is 0 Å². The molecule has 5 nitrogen and oxygen atoms in total. The maximum absolute atomic E-state index is 11.9. The summed E-state index contributed by atoms with van der Waals surface area (Å²) in [5.74, 6) is 0.895. The fraction of sp³-hybridized carbons (Fsp3) is 0.429. The van der Waals surface area contributed by atoms with Crippen LogP contribution in [0.4, 0.5) is 0 Å². The van der Waals surface area contributed by atoms with Gasteiger partial charge in [-0.3, -0.25) is 9.63 Å². The molecule has 19 heavy (non-hydrogen) atoms. The molecule has 0 saturated carbocycles. The van der Waals surface area contributed by atoms with Crippen molar-refractivity contribution in [1.82, 2.24) is 15.0 Å². The summed E-state index contributed by atoms with van der Waals surface area (Å²) in [5.41, 5.74) is 1.96. The van der Waals surface area contributed by atoms with Crippen molar-refractivity contribution in [3.05, 3.63) is 30.1 Å². The smallest absolute Gasteiger partial charge is 0.246 e. The van der Waals surface area contributed by atoms with Crippen LogP contribution >= 0.6 is 0 Å². The average Bonchev–Trinajstić information content (AvgIpc) is 2.88. The van der Waals surface area contributed by atoms with Gasteiger partial charge in [0.1, 0.15) is 5.82 Å². The predicted octanol–water partition coefficient (Wildman–Crippen LogP) is 2.05. The van der Waals surface area contributed by atoms with E-state index >= 15 is 0 Å². The number of carbonyl (C=O) groups is 1. The predicted molar refractivity (Wildman–Crippen MR) is 71.3 cm³/mol. The maximum Gasteiger partial charge on any atom is 0.246 e. The first-order valence-corrected chi connectivity index (χ1v) is 6.70. The maximum atomic E-state index is 11.9. The van der Waals surface area contributed by atoms with Gasteiger partial charge < -0.3 is 4.98 Å². The quantitative estimate of drug-likeness (QED) is 0.917. The molecule has 100 valence electrons. The Morgan fingerprint density at radius 2 is 2.26 bits per heavy atom. The number of nitrogens with zero attached hydrogens (tertiary/aromatic N) is 2. The van der Waals surface area contributed by atoms with Crippen LogP contribution in [-0.2, 0) is 16.1 Å². The van der Waals surface area contributed by atoms with Crippen molar-refractivity contribution < 1.29 is 9.63 Å². The third-order valence-electron chi connectivity index (χ3n) is 3.29. The minimum atomic E-state index is 0.0418. The van der Waals surface area contributed by atoms with Crippen molar-refractivity contribution >= 4 is 16.9 Å². The summed E-state index contributed by atoms with van der Waals surface area (Å²) in [4.78, 5) is 25.0. The molecule has 0 aliphatic carbocycles. The van der Waals surface area contributed by atoms with Crippen LogP contribution in [0.1, 0.15) is 25.1 Å². The molecule has 2 aromatic rings. The molecule has 3 rings (SSSR count). The highest BCUT2D eigenvalue weighted by Crippen LogP contribution is 2.13. The number of aromatic amines is 1. The highest BCUT2D eigenvalue weighted by atomic mass is 16.7. The molecule has 0 atom stereocenters. The summed E-state index contributed by atoms with van der Waals surface area (Å²) in [5, 5.41) is 1.49. The largest absolute Gasteiger partial charge is 0.342 e. The minimum absolute atomic E-state index is 0.0418. The van der Waals surface area contributed by atoms with Crippen LogP contribution in [0.15, 0.2) is 24.3 Å². The second-order valence-electron chi connectivity index (χ2n) is 4.74. The molecular weight excluding hydrogens is 242 g/mol. The fourth-order valence-corrected chi connectivity index (χ4v) is 2.27. The molecule has 5 heteroatoms. The van der Waals surface area contributed by atoms with Gasteiger partial charge in [-0.05, 0) is 25.0 Å². The lowest BCUT2D eigenvalue weighted by molar-refractivity contribution is -0.197. The second-order valence-corrected chi connectivity index (χ2v) is 4.74. The van der Waals surface area contributed by atoms with Gasteiger partial charge >= 0.3 is 0 Å². The SMILES string of the molecule is O=C(CCc1nc2ccccc2[nH]1)N1CCCCO1. The van der Waals surface area contributed by atoms with E-state index in [0.29, 0.717) is 26.0 Å². The van der Waals surface area contributed by atoms with E-state index in [1.54, 1.807) is 0 Å². The molecule has 2 heterocycles. The molecule has 1 amide bonds. The molecule has 1 fully saturated rings. The Balaban J connectivity index is 1.60. The van der Waals surface area contributed by atoms with E-state index < -0.39 is 0 Å². The van der Waals surface area contributed by atoms with Gasteiger partial charge in [-0.2, -0.15) is 0 Å². The molecule has 0 unspecified atom stereocenters. The van der Waals surface area contributed by atoms with Gasteiger partial charge in [0, 0.05) is 19.4 Å². The van der Waals surface area contributed by atoms with Crippen LogP contribution in [0.2, 0.25) is 0 Å². The van der Waals surface area contributed by atoms with Gasteiger partial charge in [0.15, 0.2) is 0 Å². The van der Waals surface area contributed by atoms with Crippen LogP contribution in [0.3, 0.4) is 0 Å².